The summed E-state index contributed by atoms with van der Waals surface area (Å²) in [6.45, 7) is 0. The molecule has 0 N–H and O–H groups in total. The summed E-state index contributed by atoms with van der Waals surface area (Å²) in [5.41, 5.74) is 18.4. The maximum atomic E-state index is 6.52. The predicted octanol–water partition coefficient (Wildman–Crippen LogP) is 13.4. The third kappa shape index (κ3) is 4.28. The summed E-state index contributed by atoms with van der Waals surface area (Å²) in [4.78, 5) is 10.6. The molecule has 10 aromatic rings. The Morgan fingerprint density at radius 1 is 0.339 bits per heavy atom. The molecule has 0 saturated heterocycles. The normalized spacial score (nSPS) is 13.1. The Kier molecular flexibility index (Phi) is 6.55. The molecule has 56 heavy (non-hydrogen) atoms. The molecule has 0 fully saturated rings. The van der Waals surface area contributed by atoms with Crippen molar-refractivity contribution in [1.29, 1.82) is 0 Å². The van der Waals surface area contributed by atoms with Crippen molar-refractivity contribution in [2.75, 3.05) is 0 Å². The first-order valence-electron chi connectivity index (χ1n) is 19.2. The van der Waals surface area contributed by atoms with Gasteiger partial charge in [-0.3, -0.25) is 0 Å². The first-order chi connectivity index (χ1) is 27.8. The highest BCUT2D eigenvalue weighted by atomic mass is 16.3. The van der Waals surface area contributed by atoms with Gasteiger partial charge in [-0.25, -0.2) is 9.97 Å². The zero-order valence-electron chi connectivity index (χ0n) is 30.3. The molecule has 0 radical (unpaired) electrons. The number of benzene rings is 8. The molecule has 0 saturated carbocycles. The van der Waals surface area contributed by atoms with E-state index in [9.17, 15) is 0 Å². The third-order valence-electron chi connectivity index (χ3n) is 12.0. The van der Waals surface area contributed by atoms with Crippen LogP contribution in [0.2, 0.25) is 0 Å². The van der Waals surface area contributed by atoms with Gasteiger partial charge in [-0.15, -0.1) is 0 Å². The monoisotopic (exact) mass is 712 g/mol. The van der Waals surface area contributed by atoms with Crippen LogP contribution >= 0.6 is 0 Å². The Labute approximate surface area is 324 Å². The summed E-state index contributed by atoms with van der Waals surface area (Å²) in [5.74, 6) is 0.629. The highest BCUT2D eigenvalue weighted by Gasteiger charge is 2.49. The van der Waals surface area contributed by atoms with Crippen molar-refractivity contribution in [1.82, 2.24) is 9.97 Å². The van der Waals surface area contributed by atoms with Crippen LogP contribution in [0.15, 0.2) is 199 Å². The molecule has 0 bridgehead atoms. The Bertz CT molecular complexity index is 3170. The highest BCUT2D eigenvalue weighted by molar-refractivity contribution is 6.09. The molecule has 0 unspecified atom stereocenters. The summed E-state index contributed by atoms with van der Waals surface area (Å²) in [6, 6.07) is 69.8. The van der Waals surface area contributed by atoms with Gasteiger partial charge < -0.3 is 4.42 Å². The molecule has 1 spiro atoms. The number of nitrogens with zero attached hydrogens (tertiary/aromatic N) is 2. The van der Waals surface area contributed by atoms with E-state index in [2.05, 4.69) is 176 Å². The number of fused-ring (bicyclic) bond motifs is 15. The summed E-state index contributed by atoms with van der Waals surface area (Å²) < 4.78 is 6.52. The molecule has 2 aliphatic rings. The van der Waals surface area contributed by atoms with Crippen molar-refractivity contribution >= 4 is 21.9 Å². The van der Waals surface area contributed by atoms with Crippen LogP contribution in [-0.2, 0) is 5.41 Å². The number of aromatic nitrogens is 2. The molecule has 0 amide bonds. The lowest BCUT2D eigenvalue weighted by Gasteiger charge is -2.35. The molecule has 3 nitrogen and oxygen atoms in total. The van der Waals surface area contributed by atoms with Crippen LogP contribution in [0.25, 0.3) is 89.2 Å². The molecule has 0 atom stereocenters. The standard InChI is InChI=1S/C53H32N2O/c1-2-15-33(16-3-1)48-32-49(55-52(54-48)42-24-14-23-41-40-22-9-13-28-50(40)56-51(41)42)34-29-30-47-43(31-34)36-18-5-4-17-35(36)37-19-6-10-25-44(37)53(47)45-26-11-7-20-38(45)39-21-8-12-27-46(39)53/h1-32H. The van der Waals surface area contributed by atoms with Gasteiger partial charge >= 0.3 is 0 Å². The molecule has 2 aliphatic carbocycles. The van der Waals surface area contributed by atoms with Gasteiger partial charge in [0.25, 0.3) is 0 Å². The fourth-order valence-electron chi connectivity index (χ4n) is 9.61. The third-order valence-corrected chi connectivity index (χ3v) is 12.0. The minimum absolute atomic E-state index is 0.528. The fraction of sp³-hybridized carbons (Fsp3) is 0.0189. The lowest BCUT2D eigenvalue weighted by Crippen LogP contribution is -2.29. The number of hydrogen-bond acceptors (Lipinski definition) is 3. The molecule has 2 aromatic heterocycles. The van der Waals surface area contributed by atoms with Gasteiger partial charge in [0.15, 0.2) is 5.82 Å². The summed E-state index contributed by atoms with van der Waals surface area (Å²) >= 11 is 0. The lowest BCUT2D eigenvalue weighted by atomic mass is 9.66. The maximum absolute atomic E-state index is 6.52. The summed E-state index contributed by atoms with van der Waals surface area (Å²) in [5, 5.41) is 2.13. The van der Waals surface area contributed by atoms with Gasteiger partial charge in [-0.05, 0) is 79.9 Å². The average molecular weight is 713 g/mol. The van der Waals surface area contributed by atoms with Crippen molar-refractivity contribution in [3.8, 4) is 67.3 Å². The Morgan fingerprint density at radius 3 is 1.54 bits per heavy atom. The SMILES string of the molecule is c1ccc(-c2cc(-c3ccc4c(c3)-c3ccccc3-c3ccccc3C43c4ccccc4-c4ccccc43)nc(-c3cccc4c3oc3ccccc34)n2)cc1. The van der Waals surface area contributed by atoms with E-state index in [4.69, 9.17) is 14.4 Å². The van der Waals surface area contributed by atoms with E-state index < -0.39 is 5.41 Å². The van der Waals surface area contributed by atoms with Crippen molar-refractivity contribution in [2.45, 2.75) is 5.41 Å². The largest absolute Gasteiger partial charge is 0.455 e. The zero-order chi connectivity index (χ0) is 36.8. The molecule has 3 heteroatoms. The molecule has 260 valence electrons. The van der Waals surface area contributed by atoms with Crippen molar-refractivity contribution in [3.05, 3.63) is 216 Å². The molecule has 8 aromatic carbocycles. The van der Waals surface area contributed by atoms with E-state index in [0.29, 0.717) is 5.82 Å². The van der Waals surface area contributed by atoms with E-state index in [1.165, 1.54) is 55.6 Å². The quantitative estimate of drug-likeness (QED) is 0.183. The van der Waals surface area contributed by atoms with Crippen LogP contribution in [0.4, 0.5) is 0 Å². The summed E-state index contributed by atoms with van der Waals surface area (Å²) in [7, 11) is 0. The van der Waals surface area contributed by atoms with Gasteiger partial charge in [0.2, 0.25) is 0 Å². The van der Waals surface area contributed by atoms with Crippen LogP contribution in [0.3, 0.4) is 0 Å². The van der Waals surface area contributed by atoms with Crippen LogP contribution in [0.5, 0.6) is 0 Å². The van der Waals surface area contributed by atoms with E-state index >= 15 is 0 Å². The second kappa shape index (κ2) is 11.8. The Hall–Kier alpha value is -7.36. The number of furan rings is 1. The lowest BCUT2D eigenvalue weighted by molar-refractivity contribution is 0.669. The van der Waals surface area contributed by atoms with Crippen molar-refractivity contribution in [3.63, 3.8) is 0 Å². The number of rotatable bonds is 3. The second-order valence-electron chi connectivity index (χ2n) is 14.8. The fourth-order valence-corrected chi connectivity index (χ4v) is 9.61. The molecule has 0 aliphatic heterocycles. The van der Waals surface area contributed by atoms with Crippen LogP contribution in [-0.4, -0.2) is 9.97 Å². The first kappa shape index (κ1) is 31.0. The first-order valence-corrected chi connectivity index (χ1v) is 19.2. The van der Waals surface area contributed by atoms with Crippen molar-refractivity contribution in [2.24, 2.45) is 0 Å². The highest BCUT2D eigenvalue weighted by Crippen LogP contribution is 2.61. The smallest absolute Gasteiger partial charge is 0.164 e. The minimum atomic E-state index is -0.528. The van der Waals surface area contributed by atoms with Crippen LogP contribution in [0.1, 0.15) is 22.3 Å². The van der Waals surface area contributed by atoms with Gasteiger partial charge in [-0.2, -0.15) is 0 Å². The summed E-state index contributed by atoms with van der Waals surface area (Å²) in [6.07, 6.45) is 0. The van der Waals surface area contributed by atoms with E-state index in [0.717, 1.165) is 50.0 Å². The average Bonchev–Trinajstić information content (AvgIpc) is 3.77. The molecular weight excluding hydrogens is 681 g/mol. The zero-order valence-corrected chi connectivity index (χ0v) is 30.3. The Morgan fingerprint density at radius 2 is 0.839 bits per heavy atom. The van der Waals surface area contributed by atoms with Gasteiger partial charge in [0, 0.05) is 21.9 Å². The second-order valence-corrected chi connectivity index (χ2v) is 14.8. The topological polar surface area (TPSA) is 38.9 Å². The van der Waals surface area contributed by atoms with E-state index in [-0.39, 0.29) is 0 Å². The van der Waals surface area contributed by atoms with Gasteiger partial charge in [-0.1, -0.05) is 170 Å². The minimum Gasteiger partial charge on any atom is -0.455 e. The Balaban J connectivity index is 1.15. The van der Waals surface area contributed by atoms with Crippen molar-refractivity contribution < 1.29 is 4.42 Å². The number of hydrogen-bond donors (Lipinski definition) is 0. The number of para-hydroxylation sites is 2. The molecule has 12 rings (SSSR count). The van der Waals surface area contributed by atoms with Crippen LogP contribution < -0.4 is 0 Å². The van der Waals surface area contributed by atoms with E-state index in [1.54, 1.807) is 0 Å². The predicted molar refractivity (Wildman–Crippen MR) is 227 cm³/mol. The molecular formula is C53H32N2O. The van der Waals surface area contributed by atoms with Gasteiger partial charge in [0.05, 0.1) is 22.4 Å². The van der Waals surface area contributed by atoms with E-state index in [1.807, 2.05) is 18.2 Å². The molecule has 2 heterocycles. The maximum Gasteiger partial charge on any atom is 0.164 e. The van der Waals surface area contributed by atoms with Gasteiger partial charge in [0.1, 0.15) is 11.2 Å². The van der Waals surface area contributed by atoms with Crippen LogP contribution in [0, 0.1) is 0 Å².